The summed E-state index contributed by atoms with van der Waals surface area (Å²) in [7, 11) is 1.70. The smallest absolute Gasteiger partial charge is 0.341 e. The fourth-order valence-electron chi connectivity index (χ4n) is 4.04. The van der Waals surface area contributed by atoms with Crippen LogP contribution in [0.5, 0.6) is 0 Å². The van der Waals surface area contributed by atoms with Crippen LogP contribution in [0.4, 0.5) is 0 Å². The number of hydrogen-bond donors (Lipinski definition) is 1. The van der Waals surface area contributed by atoms with Crippen molar-refractivity contribution in [3.05, 3.63) is 56.3 Å². The van der Waals surface area contributed by atoms with Crippen LogP contribution in [0.1, 0.15) is 61.1 Å². The number of carboxylic acid groups (broad SMARTS) is 1. The average molecular weight is 418 g/mol. The Balaban J connectivity index is 2.11. The number of methoxy groups -OCH3 is 1. The molecule has 2 aromatic rings. The van der Waals surface area contributed by atoms with E-state index in [9.17, 15) is 14.7 Å². The van der Waals surface area contributed by atoms with Crippen LogP contribution >= 0.6 is 11.6 Å². The van der Waals surface area contributed by atoms with Crippen molar-refractivity contribution in [2.45, 2.75) is 52.5 Å². The van der Waals surface area contributed by atoms with Gasteiger partial charge in [0.25, 0.3) is 0 Å². The average Bonchev–Trinajstić information content (AvgIpc) is 2.63. The van der Waals surface area contributed by atoms with Gasteiger partial charge in [-0.1, -0.05) is 38.4 Å². The Kier molecular flexibility index (Phi) is 6.20. The number of rotatable bonds is 6. The third-order valence-electron chi connectivity index (χ3n) is 5.65. The molecule has 0 fully saturated rings. The number of hydrogen-bond acceptors (Lipinski definition) is 3. The SMILES string of the molecule is COCCCCc1cc2c(cc1Cl)-c1cc(=O)c(C(=O)O)cn1C(C(C)(C)C)C2. The Labute approximate surface area is 176 Å². The van der Waals surface area contributed by atoms with E-state index in [1.54, 1.807) is 7.11 Å². The molecule has 1 aliphatic heterocycles. The second-order valence-corrected chi connectivity index (χ2v) is 9.19. The highest BCUT2D eigenvalue weighted by Gasteiger charge is 2.33. The molecule has 0 saturated carbocycles. The van der Waals surface area contributed by atoms with Crippen molar-refractivity contribution in [2.24, 2.45) is 5.41 Å². The van der Waals surface area contributed by atoms with Crippen LogP contribution in [0.2, 0.25) is 5.02 Å². The molecule has 1 atom stereocenters. The fraction of sp³-hybridized carbons (Fsp3) is 0.478. The number of carbonyl (C=O) groups is 1. The number of carboxylic acids is 1. The lowest BCUT2D eigenvalue weighted by Crippen LogP contribution is -2.32. The van der Waals surface area contributed by atoms with E-state index in [0.717, 1.165) is 54.7 Å². The molecule has 1 aromatic carbocycles. The van der Waals surface area contributed by atoms with Gasteiger partial charge in [-0.25, -0.2) is 4.79 Å². The number of pyridine rings is 1. The number of aromatic carboxylic acids is 1. The quantitative estimate of drug-likeness (QED) is 0.673. The molecule has 3 rings (SSSR count). The van der Waals surface area contributed by atoms with Crippen molar-refractivity contribution in [1.82, 2.24) is 4.57 Å². The lowest BCUT2D eigenvalue weighted by atomic mass is 9.78. The maximum Gasteiger partial charge on any atom is 0.341 e. The molecule has 1 N–H and O–H groups in total. The molecule has 5 nitrogen and oxygen atoms in total. The van der Waals surface area contributed by atoms with Crippen LogP contribution in [0.25, 0.3) is 11.3 Å². The van der Waals surface area contributed by atoms with Crippen molar-refractivity contribution in [1.29, 1.82) is 0 Å². The molecule has 156 valence electrons. The number of fused-ring (bicyclic) bond motifs is 3. The normalized spacial score (nSPS) is 15.7. The number of halogens is 1. The van der Waals surface area contributed by atoms with Crippen LogP contribution in [0.15, 0.2) is 29.2 Å². The van der Waals surface area contributed by atoms with Gasteiger partial charge in [-0.05, 0) is 48.3 Å². The second kappa shape index (κ2) is 8.33. The molecular weight excluding hydrogens is 390 g/mol. The molecule has 0 saturated heterocycles. The Hall–Kier alpha value is -2.11. The summed E-state index contributed by atoms with van der Waals surface area (Å²) < 4.78 is 7.07. The van der Waals surface area contributed by atoms with Gasteiger partial charge in [0, 0.05) is 42.6 Å². The van der Waals surface area contributed by atoms with Crippen molar-refractivity contribution < 1.29 is 14.6 Å². The second-order valence-electron chi connectivity index (χ2n) is 8.79. The number of aromatic nitrogens is 1. The van der Waals surface area contributed by atoms with Gasteiger partial charge in [0.15, 0.2) is 5.43 Å². The minimum Gasteiger partial charge on any atom is -0.477 e. The van der Waals surface area contributed by atoms with E-state index in [0.29, 0.717) is 5.02 Å². The number of aryl methyl sites for hydroxylation is 1. The lowest BCUT2D eigenvalue weighted by Gasteiger charge is -2.39. The molecular formula is C23H28ClNO4. The highest BCUT2D eigenvalue weighted by atomic mass is 35.5. The maximum absolute atomic E-state index is 12.4. The van der Waals surface area contributed by atoms with E-state index >= 15 is 0 Å². The van der Waals surface area contributed by atoms with Gasteiger partial charge in [0.1, 0.15) is 5.56 Å². The Morgan fingerprint density at radius 2 is 2.00 bits per heavy atom. The molecule has 0 radical (unpaired) electrons. The standard InChI is InChI=1S/C23H28ClNO4/c1-23(2,3)21-10-15-9-14(7-5-6-8-29-4)18(24)11-16(15)19-12-20(26)17(22(27)28)13-25(19)21/h9,11-13,21H,5-8,10H2,1-4H3,(H,27,28). The van der Waals surface area contributed by atoms with Gasteiger partial charge < -0.3 is 14.4 Å². The minimum absolute atomic E-state index is 0.0335. The summed E-state index contributed by atoms with van der Waals surface area (Å²) in [6.07, 6.45) is 5.10. The number of nitrogens with zero attached hydrogens (tertiary/aromatic N) is 1. The molecule has 1 aromatic heterocycles. The van der Waals surface area contributed by atoms with Gasteiger partial charge in [0.05, 0.1) is 5.69 Å². The molecule has 0 aliphatic carbocycles. The predicted molar refractivity (Wildman–Crippen MR) is 115 cm³/mol. The van der Waals surface area contributed by atoms with E-state index in [1.807, 2.05) is 10.6 Å². The Morgan fingerprint density at radius 1 is 1.28 bits per heavy atom. The van der Waals surface area contributed by atoms with Crippen LogP contribution in [0.3, 0.4) is 0 Å². The van der Waals surface area contributed by atoms with E-state index in [2.05, 4.69) is 26.8 Å². The summed E-state index contributed by atoms with van der Waals surface area (Å²) in [6.45, 7) is 7.13. The van der Waals surface area contributed by atoms with Crippen LogP contribution in [-0.4, -0.2) is 29.4 Å². The largest absolute Gasteiger partial charge is 0.477 e. The summed E-state index contributed by atoms with van der Waals surface area (Å²) >= 11 is 6.58. The molecule has 6 heteroatoms. The molecule has 0 spiro atoms. The summed E-state index contributed by atoms with van der Waals surface area (Å²) in [6, 6.07) is 5.55. The zero-order valence-corrected chi connectivity index (χ0v) is 18.2. The zero-order valence-electron chi connectivity index (χ0n) is 17.4. The lowest BCUT2D eigenvalue weighted by molar-refractivity contribution is 0.0693. The van der Waals surface area contributed by atoms with E-state index in [1.165, 1.54) is 12.3 Å². The van der Waals surface area contributed by atoms with Crippen LogP contribution in [-0.2, 0) is 17.6 Å². The zero-order chi connectivity index (χ0) is 21.3. The highest BCUT2D eigenvalue weighted by Crippen LogP contribution is 2.43. The monoisotopic (exact) mass is 417 g/mol. The van der Waals surface area contributed by atoms with E-state index < -0.39 is 11.4 Å². The molecule has 29 heavy (non-hydrogen) atoms. The molecule has 0 bridgehead atoms. The first-order chi connectivity index (χ1) is 13.6. The van der Waals surface area contributed by atoms with Crippen molar-refractivity contribution in [2.75, 3.05) is 13.7 Å². The molecule has 0 amide bonds. The molecule has 1 unspecified atom stereocenters. The Morgan fingerprint density at radius 3 is 2.62 bits per heavy atom. The predicted octanol–water partition coefficient (Wildman–Crippen LogP) is 4.98. The topological polar surface area (TPSA) is 68.5 Å². The molecule has 2 heterocycles. The van der Waals surface area contributed by atoms with Crippen molar-refractivity contribution >= 4 is 17.6 Å². The van der Waals surface area contributed by atoms with Gasteiger partial charge >= 0.3 is 5.97 Å². The number of unbranched alkanes of at least 4 members (excludes halogenated alkanes) is 1. The van der Waals surface area contributed by atoms with E-state index in [-0.39, 0.29) is 17.0 Å². The third kappa shape index (κ3) is 4.41. The number of ether oxygens (including phenoxy) is 1. The first kappa shape index (κ1) is 21.6. The summed E-state index contributed by atoms with van der Waals surface area (Å²) in [5, 5.41) is 10.1. The minimum atomic E-state index is -1.20. The van der Waals surface area contributed by atoms with Crippen molar-refractivity contribution in [3.63, 3.8) is 0 Å². The fourth-order valence-corrected chi connectivity index (χ4v) is 4.30. The third-order valence-corrected chi connectivity index (χ3v) is 6.00. The van der Waals surface area contributed by atoms with E-state index in [4.69, 9.17) is 16.3 Å². The van der Waals surface area contributed by atoms with Crippen LogP contribution in [0, 0.1) is 5.41 Å². The Bertz CT molecular complexity index is 988. The first-order valence-corrected chi connectivity index (χ1v) is 10.3. The van der Waals surface area contributed by atoms with Gasteiger partial charge in [-0.2, -0.15) is 0 Å². The maximum atomic E-state index is 12.4. The summed E-state index contributed by atoms with van der Waals surface area (Å²) in [5.74, 6) is -1.20. The summed E-state index contributed by atoms with van der Waals surface area (Å²) in [5.41, 5.74) is 3.09. The van der Waals surface area contributed by atoms with Gasteiger partial charge in [0.2, 0.25) is 0 Å². The van der Waals surface area contributed by atoms with Crippen LogP contribution < -0.4 is 5.43 Å². The van der Waals surface area contributed by atoms with Crippen molar-refractivity contribution in [3.8, 4) is 11.3 Å². The first-order valence-electron chi connectivity index (χ1n) is 9.93. The summed E-state index contributed by atoms with van der Waals surface area (Å²) in [4.78, 5) is 23.9. The van der Waals surface area contributed by atoms with Gasteiger partial charge in [-0.3, -0.25) is 4.79 Å². The highest BCUT2D eigenvalue weighted by molar-refractivity contribution is 6.31. The molecule has 1 aliphatic rings. The number of benzene rings is 1. The van der Waals surface area contributed by atoms with Gasteiger partial charge in [-0.15, -0.1) is 0 Å².